The van der Waals surface area contributed by atoms with Gasteiger partial charge in [-0.2, -0.15) is 0 Å². The van der Waals surface area contributed by atoms with Gasteiger partial charge in [-0.1, -0.05) is 12.1 Å². The van der Waals surface area contributed by atoms with Gasteiger partial charge in [0, 0.05) is 13.1 Å². The van der Waals surface area contributed by atoms with Crippen LogP contribution in [0, 0.1) is 12.7 Å². The van der Waals surface area contributed by atoms with Crippen LogP contribution in [0.4, 0.5) is 4.39 Å². The molecule has 1 saturated heterocycles. The van der Waals surface area contributed by atoms with Crippen molar-refractivity contribution < 1.29 is 19.0 Å². The van der Waals surface area contributed by atoms with E-state index in [1.165, 1.54) is 6.07 Å². The van der Waals surface area contributed by atoms with Crippen LogP contribution in [-0.2, 0) is 15.1 Å². The highest BCUT2D eigenvalue weighted by molar-refractivity contribution is 5.69. The minimum atomic E-state index is -0.889. The molecule has 110 valence electrons. The van der Waals surface area contributed by atoms with E-state index >= 15 is 0 Å². The quantitative estimate of drug-likeness (QED) is 0.919. The molecule has 1 N–H and O–H groups in total. The summed E-state index contributed by atoms with van der Waals surface area (Å²) >= 11 is 0. The molecular formula is C15H20FNO3. The zero-order valence-corrected chi connectivity index (χ0v) is 11.9. The maximum atomic E-state index is 13.8. The van der Waals surface area contributed by atoms with Gasteiger partial charge in [0.2, 0.25) is 0 Å². The van der Waals surface area contributed by atoms with E-state index < -0.39 is 11.5 Å². The Labute approximate surface area is 118 Å². The molecule has 0 bridgehead atoms. The Morgan fingerprint density at radius 3 is 2.65 bits per heavy atom. The number of morpholine rings is 1. The first-order valence-corrected chi connectivity index (χ1v) is 6.75. The summed E-state index contributed by atoms with van der Waals surface area (Å²) in [5.74, 6) is -1.19. The number of hydrogen-bond donors (Lipinski definition) is 1. The SMILES string of the molecule is Cc1ccc(C(C)(CC(=O)O)N2CCOCC2)cc1F. The van der Waals surface area contributed by atoms with Crippen molar-refractivity contribution in [3.63, 3.8) is 0 Å². The molecule has 0 radical (unpaired) electrons. The predicted molar refractivity (Wildman–Crippen MR) is 73.1 cm³/mol. The molecule has 4 nitrogen and oxygen atoms in total. The zero-order chi connectivity index (χ0) is 14.8. The number of carboxylic acid groups (broad SMARTS) is 1. The number of carboxylic acids is 1. The Kier molecular flexibility index (Phi) is 4.40. The Morgan fingerprint density at radius 2 is 2.10 bits per heavy atom. The molecule has 20 heavy (non-hydrogen) atoms. The molecule has 1 aliphatic rings. The monoisotopic (exact) mass is 281 g/mol. The summed E-state index contributed by atoms with van der Waals surface area (Å²) in [6.07, 6.45) is -0.0600. The van der Waals surface area contributed by atoms with Crippen molar-refractivity contribution in [1.82, 2.24) is 4.90 Å². The van der Waals surface area contributed by atoms with E-state index in [0.29, 0.717) is 37.4 Å². The molecule has 2 rings (SSSR count). The van der Waals surface area contributed by atoms with Gasteiger partial charge in [-0.3, -0.25) is 9.69 Å². The molecule has 1 unspecified atom stereocenters. The van der Waals surface area contributed by atoms with Crippen molar-refractivity contribution in [2.75, 3.05) is 26.3 Å². The fourth-order valence-corrected chi connectivity index (χ4v) is 2.68. The number of aliphatic carboxylic acids is 1. The van der Waals surface area contributed by atoms with Gasteiger partial charge in [0.25, 0.3) is 0 Å². The van der Waals surface area contributed by atoms with Gasteiger partial charge in [0.15, 0.2) is 0 Å². The van der Waals surface area contributed by atoms with E-state index in [4.69, 9.17) is 4.74 Å². The van der Waals surface area contributed by atoms with Crippen molar-refractivity contribution >= 4 is 5.97 Å². The molecule has 0 aromatic heterocycles. The average molecular weight is 281 g/mol. The highest BCUT2D eigenvalue weighted by Crippen LogP contribution is 2.33. The second kappa shape index (κ2) is 5.89. The molecular weight excluding hydrogens is 261 g/mol. The van der Waals surface area contributed by atoms with Crippen molar-refractivity contribution in [3.8, 4) is 0 Å². The molecule has 1 fully saturated rings. The van der Waals surface area contributed by atoms with Crippen LogP contribution >= 0.6 is 0 Å². The maximum absolute atomic E-state index is 13.8. The van der Waals surface area contributed by atoms with Gasteiger partial charge in [0.1, 0.15) is 5.82 Å². The minimum Gasteiger partial charge on any atom is -0.481 e. The highest BCUT2D eigenvalue weighted by Gasteiger charge is 2.37. The Bertz CT molecular complexity index is 500. The molecule has 0 saturated carbocycles. The maximum Gasteiger partial charge on any atom is 0.305 e. The number of aryl methyl sites for hydroxylation is 1. The van der Waals surface area contributed by atoms with Crippen LogP contribution in [0.3, 0.4) is 0 Å². The first-order chi connectivity index (χ1) is 9.43. The van der Waals surface area contributed by atoms with E-state index in [2.05, 4.69) is 4.90 Å². The average Bonchev–Trinajstić information content (AvgIpc) is 2.42. The largest absolute Gasteiger partial charge is 0.481 e. The van der Waals surface area contributed by atoms with Crippen molar-refractivity contribution in [1.29, 1.82) is 0 Å². The van der Waals surface area contributed by atoms with Crippen molar-refractivity contribution in [3.05, 3.63) is 35.1 Å². The number of carbonyl (C=O) groups is 1. The zero-order valence-electron chi connectivity index (χ0n) is 11.9. The van der Waals surface area contributed by atoms with Gasteiger partial charge < -0.3 is 9.84 Å². The third-order valence-corrected chi connectivity index (χ3v) is 4.00. The second-order valence-electron chi connectivity index (χ2n) is 5.41. The van der Waals surface area contributed by atoms with Gasteiger partial charge in [-0.25, -0.2) is 4.39 Å². The van der Waals surface area contributed by atoms with Crippen LogP contribution in [0.15, 0.2) is 18.2 Å². The minimum absolute atomic E-state index is 0.0600. The summed E-state index contributed by atoms with van der Waals surface area (Å²) < 4.78 is 19.1. The highest BCUT2D eigenvalue weighted by atomic mass is 19.1. The van der Waals surface area contributed by atoms with Crippen LogP contribution in [-0.4, -0.2) is 42.3 Å². The Hall–Kier alpha value is -1.46. The lowest BCUT2D eigenvalue weighted by Gasteiger charge is -2.43. The van der Waals surface area contributed by atoms with Crippen molar-refractivity contribution in [2.24, 2.45) is 0 Å². The smallest absolute Gasteiger partial charge is 0.305 e. The number of ether oxygens (including phenoxy) is 1. The van der Waals surface area contributed by atoms with Crippen LogP contribution in [0.25, 0.3) is 0 Å². The topological polar surface area (TPSA) is 49.8 Å². The van der Waals surface area contributed by atoms with E-state index in [1.54, 1.807) is 13.0 Å². The molecule has 0 amide bonds. The van der Waals surface area contributed by atoms with Gasteiger partial charge in [0.05, 0.1) is 25.2 Å². The summed E-state index contributed by atoms with van der Waals surface area (Å²) in [6.45, 7) is 6.00. The first-order valence-electron chi connectivity index (χ1n) is 6.75. The summed E-state index contributed by atoms with van der Waals surface area (Å²) in [7, 11) is 0. The molecule has 1 aromatic rings. The summed E-state index contributed by atoms with van der Waals surface area (Å²) in [4.78, 5) is 13.3. The fraction of sp³-hybridized carbons (Fsp3) is 0.533. The van der Waals surface area contributed by atoms with Crippen LogP contribution in [0.2, 0.25) is 0 Å². The standard InChI is InChI=1S/C15H20FNO3/c1-11-3-4-12(9-13(11)16)15(2,10-14(18)19)17-5-7-20-8-6-17/h3-4,9H,5-8,10H2,1-2H3,(H,18,19). The number of hydrogen-bond acceptors (Lipinski definition) is 3. The predicted octanol–water partition coefficient (Wildman–Crippen LogP) is 2.16. The lowest BCUT2D eigenvalue weighted by molar-refractivity contribution is -0.141. The second-order valence-corrected chi connectivity index (χ2v) is 5.41. The van der Waals surface area contributed by atoms with Crippen LogP contribution in [0.5, 0.6) is 0 Å². The molecule has 0 spiro atoms. The lowest BCUT2D eigenvalue weighted by Crippen LogP contribution is -2.50. The number of halogens is 1. The Balaban J connectivity index is 2.38. The summed E-state index contributed by atoms with van der Waals surface area (Å²) in [5, 5.41) is 9.21. The molecule has 1 aliphatic heterocycles. The summed E-state index contributed by atoms with van der Waals surface area (Å²) in [5.41, 5.74) is 0.544. The van der Waals surface area contributed by atoms with Crippen LogP contribution < -0.4 is 0 Å². The summed E-state index contributed by atoms with van der Waals surface area (Å²) in [6, 6.07) is 4.97. The molecule has 1 aromatic carbocycles. The third kappa shape index (κ3) is 2.99. The number of nitrogens with zero attached hydrogens (tertiary/aromatic N) is 1. The van der Waals surface area contributed by atoms with E-state index in [0.717, 1.165) is 0 Å². The Morgan fingerprint density at radius 1 is 1.45 bits per heavy atom. The molecule has 1 heterocycles. The van der Waals surface area contributed by atoms with Crippen molar-refractivity contribution in [2.45, 2.75) is 25.8 Å². The lowest BCUT2D eigenvalue weighted by atomic mass is 9.85. The van der Waals surface area contributed by atoms with Gasteiger partial charge in [-0.05, 0) is 31.0 Å². The third-order valence-electron chi connectivity index (χ3n) is 4.00. The van der Waals surface area contributed by atoms with Gasteiger partial charge >= 0.3 is 5.97 Å². The van der Waals surface area contributed by atoms with E-state index in [1.807, 2.05) is 13.0 Å². The van der Waals surface area contributed by atoms with Gasteiger partial charge in [-0.15, -0.1) is 0 Å². The fourth-order valence-electron chi connectivity index (χ4n) is 2.68. The molecule has 0 aliphatic carbocycles. The number of rotatable bonds is 4. The van der Waals surface area contributed by atoms with E-state index in [-0.39, 0.29) is 12.2 Å². The number of benzene rings is 1. The molecule has 1 atom stereocenters. The molecule has 5 heteroatoms. The first kappa shape index (κ1) is 14.9. The van der Waals surface area contributed by atoms with Crippen LogP contribution in [0.1, 0.15) is 24.5 Å². The normalized spacial score (nSPS) is 19.6. The van der Waals surface area contributed by atoms with E-state index in [9.17, 15) is 14.3 Å².